The molecule has 1 aromatic rings. The van der Waals surface area contributed by atoms with Crippen LogP contribution in [0.1, 0.15) is 42.7 Å². The Morgan fingerprint density at radius 1 is 1.47 bits per heavy atom. The molecule has 82 valence electrons. The second kappa shape index (κ2) is 3.76. The topological polar surface area (TPSA) is 12.0 Å². The lowest BCUT2D eigenvalue weighted by molar-refractivity contribution is 0.421. The molecule has 0 amide bonds. The van der Waals surface area contributed by atoms with Crippen molar-refractivity contribution in [2.45, 2.75) is 44.7 Å². The predicted molar refractivity (Wildman–Crippen MR) is 65.7 cm³/mol. The molecule has 1 nitrogen and oxygen atoms in total. The van der Waals surface area contributed by atoms with Crippen molar-refractivity contribution >= 4 is 22.9 Å². The fourth-order valence-corrected chi connectivity index (χ4v) is 3.91. The fraction of sp³-hybridized carbons (Fsp3) is 0.667. The molecule has 2 unspecified atom stereocenters. The minimum absolute atomic E-state index is 0.569. The predicted octanol–water partition coefficient (Wildman–Crippen LogP) is 3.78. The van der Waals surface area contributed by atoms with Gasteiger partial charge >= 0.3 is 0 Å². The van der Waals surface area contributed by atoms with E-state index in [1.807, 2.05) is 0 Å². The minimum Gasteiger partial charge on any atom is -0.307 e. The first kappa shape index (κ1) is 10.1. The van der Waals surface area contributed by atoms with Crippen molar-refractivity contribution in [1.29, 1.82) is 0 Å². The van der Waals surface area contributed by atoms with E-state index in [-0.39, 0.29) is 0 Å². The number of thiophene rings is 1. The van der Waals surface area contributed by atoms with Gasteiger partial charge in [-0.3, -0.25) is 0 Å². The summed E-state index contributed by atoms with van der Waals surface area (Å²) >= 11 is 7.80. The minimum atomic E-state index is 0.569. The molecule has 1 fully saturated rings. The summed E-state index contributed by atoms with van der Waals surface area (Å²) in [5.74, 6) is 0.933. The summed E-state index contributed by atoms with van der Waals surface area (Å²) in [7, 11) is 0. The smallest absolute Gasteiger partial charge is 0.0934 e. The van der Waals surface area contributed by atoms with Crippen LogP contribution in [0.2, 0.25) is 4.34 Å². The van der Waals surface area contributed by atoms with Crippen LogP contribution in [0, 0.1) is 5.92 Å². The number of rotatable bonds is 3. The lowest BCUT2D eigenvalue weighted by Gasteiger charge is -2.19. The van der Waals surface area contributed by atoms with Crippen molar-refractivity contribution in [1.82, 2.24) is 5.32 Å². The van der Waals surface area contributed by atoms with E-state index in [1.54, 1.807) is 11.3 Å². The Balaban J connectivity index is 1.72. The third-order valence-corrected chi connectivity index (χ3v) is 4.98. The maximum atomic E-state index is 6.05. The molecule has 3 rings (SSSR count). The average molecular weight is 242 g/mol. The van der Waals surface area contributed by atoms with Crippen LogP contribution >= 0.6 is 22.9 Å². The number of hydrogen-bond acceptors (Lipinski definition) is 2. The zero-order valence-corrected chi connectivity index (χ0v) is 10.5. The first-order chi connectivity index (χ1) is 7.24. The summed E-state index contributed by atoms with van der Waals surface area (Å²) in [6.07, 6.45) is 5.30. The molecule has 2 aliphatic carbocycles. The number of nitrogens with one attached hydrogen (secondary N) is 1. The van der Waals surface area contributed by atoms with Crippen LogP contribution in [0.3, 0.4) is 0 Å². The van der Waals surface area contributed by atoms with Gasteiger partial charge in [-0.1, -0.05) is 11.6 Å². The van der Waals surface area contributed by atoms with Gasteiger partial charge in [0.05, 0.1) is 4.34 Å². The normalized spacial score (nSPS) is 26.7. The number of aryl methyl sites for hydroxylation is 1. The van der Waals surface area contributed by atoms with Crippen molar-refractivity contribution < 1.29 is 0 Å². The third-order valence-electron chi connectivity index (χ3n) is 3.64. The zero-order chi connectivity index (χ0) is 10.4. The van der Waals surface area contributed by atoms with E-state index in [1.165, 1.54) is 36.1 Å². The lowest BCUT2D eigenvalue weighted by Crippen LogP contribution is -2.30. The molecule has 0 spiro atoms. The van der Waals surface area contributed by atoms with Gasteiger partial charge in [0.1, 0.15) is 0 Å². The summed E-state index contributed by atoms with van der Waals surface area (Å²) < 4.78 is 0.950. The van der Waals surface area contributed by atoms with Crippen LogP contribution in [0.5, 0.6) is 0 Å². The van der Waals surface area contributed by atoms with Crippen molar-refractivity contribution in [3.8, 4) is 0 Å². The quantitative estimate of drug-likeness (QED) is 0.850. The third kappa shape index (κ3) is 1.95. The molecule has 15 heavy (non-hydrogen) atoms. The second-order valence-electron chi connectivity index (χ2n) is 4.81. The SMILES string of the molecule is CC(NC1CCc2sc(Cl)cc21)C1CC1. The van der Waals surface area contributed by atoms with Crippen molar-refractivity contribution in [2.75, 3.05) is 0 Å². The molecular weight excluding hydrogens is 226 g/mol. The van der Waals surface area contributed by atoms with E-state index >= 15 is 0 Å². The van der Waals surface area contributed by atoms with E-state index in [0.717, 1.165) is 10.3 Å². The summed E-state index contributed by atoms with van der Waals surface area (Å²) in [5, 5.41) is 3.76. The summed E-state index contributed by atoms with van der Waals surface area (Å²) in [5.41, 5.74) is 1.47. The molecule has 1 heterocycles. The number of halogens is 1. The van der Waals surface area contributed by atoms with Crippen molar-refractivity contribution in [2.24, 2.45) is 5.92 Å². The Hall–Kier alpha value is -0.0500. The summed E-state index contributed by atoms with van der Waals surface area (Å²) in [6, 6.07) is 3.41. The van der Waals surface area contributed by atoms with Gasteiger partial charge in [0.15, 0.2) is 0 Å². The van der Waals surface area contributed by atoms with Crippen LogP contribution in [-0.2, 0) is 6.42 Å². The van der Waals surface area contributed by atoms with Crippen LogP contribution in [0.25, 0.3) is 0 Å². The van der Waals surface area contributed by atoms with Gasteiger partial charge in [0.2, 0.25) is 0 Å². The molecule has 0 bridgehead atoms. The van der Waals surface area contributed by atoms with Crippen LogP contribution in [-0.4, -0.2) is 6.04 Å². The Bertz CT molecular complexity index is 370. The Morgan fingerprint density at radius 3 is 3.00 bits per heavy atom. The van der Waals surface area contributed by atoms with Crippen LogP contribution in [0.4, 0.5) is 0 Å². The maximum Gasteiger partial charge on any atom is 0.0934 e. The lowest BCUT2D eigenvalue weighted by atomic mass is 10.1. The van der Waals surface area contributed by atoms with Gasteiger partial charge < -0.3 is 5.32 Å². The largest absolute Gasteiger partial charge is 0.307 e. The van der Waals surface area contributed by atoms with Gasteiger partial charge in [0, 0.05) is 17.0 Å². The Morgan fingerprint density at radius 2 is 2.27 bits per heavy atom. The van der Waals surface area contributed by atoms with Crippen molar-refractivity contribution in [3.63, 3.8) is 0 Å². The van der Waals surface area contributed by atoms with E-state index in [4.69, 9.17) is 11.6 Å². The number of hydrogen-bond donors (Lipinski definition) is 1. The molecule has 2 atom stereocenters. The zero-order valence-electron chi connectivity index (χ0n) is 8.92. The molecular formula is C12H16ClNS. The molecule has 0 radical (unpaired) electrons. The molecule has 0 saturated heterocycles. The molecule has 1 aromatic heterocycles. The highest BCUT2D eigenvalue weighted by Gasteiger charge is 2.32. The van der Waals surface area contributed by atoms with Gasteiger partial charge in [-0.15, -0.1) is 11.3 Å². The Labute approximate surface area is 99.8 Å². The monoisotopic (exact) mass is 241 g/mol. The molecule has 0 aromatic carbocycles. The van der Waals surface area contributed by atoms with E-state index in [2.05, 4.69) is 18.3 Å². The highest BCUT2D eigenvalue weighted by atomic mass is 35.5. The van der Waals surface area contributed by atoms with Gasteiger partial charge in [0.25, 0.3) is 0 Å². The first-order valence-corrected chi connectivity index (χ1v) is 6.97. The maximum absolute atomic E-state index is 6.05. The van der Waals surface area contributed by atoms with Gasteiger partial charge in [-0.2, -0.15) is 0 Å². The van der Waals surface area contributed by atoms with Crippen LogP contribution in [0.15, 0.2) is 6.07 Å². The molecule has 0 aliphatic heterocycles. The first-order valence-electron chi connectivity index (χ1n) is 5.78. The van der Waals surface area contributed by atoms with E-state index in [0.29, 0.717) is 12.1 Å². The summed E-state index contributed by atoms with van der Waals surface area (Å²) in [4.78, 5) is 1.50. The molecule has 1 N–H and O–H groups in total. The van der Waals surface area contributed by atoms with E-state index in [9.17, 15) is 0 Å². The summed E-state index contributed by atoms with van der Waals surface area (Å²) in [6.45, 7) is 2.32. The van der Waals surface area contributed by atoms with Crippen molar-refractivity contribution in [3.05, 3.63) is 20.8 Å². The standard InChI is InChI=1S/C12H16ClNS/c1-7(8-2-3-8)14-10-4-5-11-9(10)6-12(13)15-11/h6-8,10,14H,2-5H2,1H3. The highest BCUT2D eigenvalue weighted by molar-refractivity contribution is 7.16. The Kier molecular flexibility index (Phi) is 2.54. The van der Waals surface area contributed by atoms with Gasteiger partial charge in [-0.05, 0) is 50.2 Å². The average Bonchev–Trinajstić information content (AvgIpc) is 2.90. The number of fused-ring (bicyclic) bond motifs is 1. The van der Waals surface area contributed by atoms with E-state index < -0.39 is 0 Å². The van der Waals surface area contributed by atoms with Gasteiger partial charge in [-0.25, -0.2) is 0 Å². The molecule has 2 aliphatic rings. The second-order valence-corrected chi connectivity index (χ2v) is 6.58. The fourth-order valence-electron chi connectivity index (χ4n) is 2.55. The molecule has 3 heteroatoms. The highest BCUT2D eigenvalue weighted by Crippen LogP contribution is 2.41. The van der Waals surface area contributed by atoms with Crippen LogP contribution < -0.4 is 5.32 Å². The molecule has 1 saturated carbocycles.